The molecule has 0 aliphatic rings. The van der Waals surface area contributed by atoms with Gasteiger partial charge in [0.25, 0.3) is 0 Å². The van der Waals surface area contributed by atoms with Gasteiger partial charge in [0, 0.05) is 16.6 Å². The number of unbranched alkanes of at least 4 members (excludes halogenated alkanes) is 2. The molecule has 0 heterocycles. The first-order valence-electron chi connectivity index (χ1n) is 5.86. The molecule has 1 rings (SSSR count). The number of aliphatic hydroxyl groups is 2. The summed E-state index contributed by atoms with van der Waals surface area (Å²) in [5.74, 6) is 0.729. The van der Waals surface area contributed by atoms with Crippen LogP contribution in [0.2, 0.25) is 0 Å². The number of aliphatic hydroxyl groups excluding tert-OH is 2. The Bertz CT molecular complexity index is 339. The van der Waals surface area contributed by atoms with Crippen LogP contribution < -0.4 is 4.74 Å². The molecule has 0 bridgehead atoms. The van der Waals surface area contributed by atoms with Crippen LogP contribution in [0.3, 0.4) is 0 Å². The van der Waals surface area contributed by atoms with Crippen molar-refractivity contribution in [1.82, 2.24) is 0 Å². The highest BCUT2D eigenvalue weighted by Crippen LogP contribution is 2.28. The Kier molecular flexibility index (Phi) is 6.55. The minimum atomic E-state index is -0.542. The van der Waals surface area contributed by atoms with Crippen LogP contribution >= 0.6 is 15.9 Å². The summed E-state index contributed by atoms with van der Waals surface area (Å²) in [7, 11) is 0. The highest BCUT2D eigenvalue weighted by molar-refractivity contribution is 9.10. The van der Waals surface area contributed by atoms with Crippen LogP contribution in [0.1, 0.15) is 37.9 Å². The van der Waals surface area contributed by atoms with Gasteiger partial charge in [-0.05, 0) is 44.4 Å². The van der Waals surface area contributed by atoms with Gasteiger partial charge in [-0.15, -0.1) is 0 Å². The average Bonchev–Trinajstić information content (AvgIpc) is 2.30. The van der Waals surface area contributed by atoms with E-state index in [1.807, 2.05) is 18.2 Å². The standard InChI is InChI=1S/C13H19BrO3/c1-10(16)12-9-11(14)5-6-13(12)17-8-4-2-3-7-15/h5-6,9-10,15-16H,2-4,7-8H2,1H3. The van der Waals surface area contributed by atoms with E-state index in [-0.39, 0.29) is 6.61 Å². The molecule has 0 amide bonds. The van der Waals surface area contributed by atoms with Crippen molar-refractivity contribution in [1.29, 1.82) is 0 Å². The fourth-order valence-electron chi connectivity index (χ4n) is 1.55. The van der Waals surface area contributed by atoms with Crippen molar-refractivity contribution in [3.63, 3.8) is 0 Å². The predicted octanol–water partition coefficient (Wildman–Crippen LogP) is 3.04. The van der Waals surface area contributed by atoms with Gasteiger partial charge in [0.1, 0.15) is 5.75 Å². The van der Waals surface area contributed by atoms with E-state index in [2.05, 4.69) is 15.9 Å². The molecule has 0 radical (unpaired) electrons. The molecule has 4 heteroatoms. The third kappa shape index (κ3) is 5.06. The van der Waals surface area contributed by atoms with Gasteiger partial charge in [-0.25, -0.2) is 0 Å². The number of hydrogen-bond acceptors (Lipinski definition) is 3. The summed E-state index contributed by atoms with van der Waals surface area (Å²) in [6, 6.07) is 5.63. The number of rotatable bonds is 7. The van der Waals surface area contributed by atoms with Gasteiger partial charge < -0.3 is 14.9 Å². The normalized spacial score (nSPS) is 12.5. The zero-order chi connectivity index (χ0) is 12.7. The summed E-state index contributed by atoms with van der Waals surface area (Å²) in [6.07, 6.45) is 2.14. The SMILES string of the molecule is CC(O)c1cc(Br)ccc1OCCCCCO. The zero-order valence-corrected chi connectivity index (χ0v) is 11.6. The number of halogens is 1. The van der Waals surface area contributed by atoms with Crippen LogP contribution in [0.5, 0.6) is 5.75 Å². The molecule has 0 saturated carbocycles. The molecule has 0 spiro atoms. The molecule has 1 aromatic rings. The van der Waals surface area contributed by atoms with Crippen LogP contribution in [0.4, 0.5) is 0 Å². The Morgan fingerprint density at radius 2 is 2.06 bits per heavy atom. The smallest absolute Gasteiger partial charge is 0.125 e. The molecule has 1 aromatic carbocycles. The number of benzene rings is 1. The largest absolute Gasteiger partial charge is 0.493 e. The summed E-state index contributed by atoms with van der Waals surface area (Å²) < 4.78 is 6.57. The Morgan fingerprint density at radius 1 is 1.29 bits per heavy atom. The Balaban J connectivity index is 2.52. The van der Waals surface area contributed by atoms with Crippen LogP contribution in [-0.4, -0.2) is 23.4 Å². The van der Waals surface area contributed by atoms with Crippen LogP contribution in [0, 0.1) is 0 Å². The number of ether oxygens (including phenoxy) is 1. The van der Waals surface area contributed by atoms with E-state index in [1.54, 1.807) is 6.92 Å². The van der Waals surface area contributed by atoms with Gasteiger partial charge in [-0.1, -0.05) is 15.9 Å². The van der Waals surface area contributed by atoms with E-state index in [4.69, 9.17) is 9.84 Å². The average molecular weight is 303 g/mol. The molecular weight excluding hydrogens is 284 g/mol. The topological polar surface area (TPSA) is 49.7 Å². The van der Waals surface area contributed by atoms with E-state index in [0.29, 0.717) is 6.61 Å². The molecule has 96 valence electrons. The van der Waals surface area contributed by atoms with Crippen molar-refractivity contribution < 1.29 is 14.9 Å². The summed E-state index contributed by atoms with van der Waals surface area (Å²) >= 11 is 3.37. The van der Waals surface area contributed by atoms with Crippen LogP contribution in [0.25, 0.3) is 0 Å². The molecule has 2 N–H and O–H groups in total. The Hall–Kier alpha value is -0.580. The Morgan fingerprint density at radius 3 is 2.71 bits per heavy atom. The van der Waals surface area contributed by atoms with Crippen molar-refractivity contribution in [3.05, 3.63) is 28.2 Å². The first-order valence-corrected chi connectivity index (χ1v) is 6.65. The molecule has 0 aliphatic carbocycles. The second-order valence-electron chi connectivity index (χ2n) is 3.99. The predicted molar refractivity (Wildman–Crippen MR) is 71.2 cm³/mol. The highest BCUT2D eigenvalue weighted by atomic mass is 79.9. The molecule has 0 saturated heterocycles. The highest BCUT2D eigenvalue weighted by Gasteiger charge is 2.09. The lowest BCUT2D eigenvalue weighted by Gasteiger charge is -2.13. The van der Waals surface area contributed by atoms with E-state index in [1.165, 1.54) is 0 Å². The lowest BCUT2D eigenvalue weighted by Crippen LogP contribution is -2.02. The third-order valence-corrected chi connectivity index (χ3v) is 2.98. The summed E-state index contributed by atoms with van der Waals surface area (Å²) in [5, 5.41) is 18.3. The van der Waals surface area contributed by atoms with Crippen molar-refractivity contribution in [3.8, 4) is 5.75 Å². The molecule has 17 heavy (non-hydrogen) atoms. The second-order valence-corrected chi connectivity index (χ2v) is 4.91. The van der Waals surface area contributed by atoms with E-state index in [0.717, 1.165) is 35.0 Å². The van der Waals surface area contributed by atoms with Gasteiger partial charge in [-0.3, -0.25) is 0 Å². The monoisotopic (exact) mass is 302 g/mol. The molecule has 3 nitrogen and oxygen atoms in total. The third-order valence-electron chi connectivity index (χ3n) is 2.48. The zero-order valence-electron chi connectivity index (χ0n) is 10.0. The molecule has 0 aliphatic heterocycles. The van der Waals surface area contributed by atoms with Gasteiger partial charge in [-0.2, -0.15) is 0 Å². The Labute approximate surface area is 111 Å². The molecule has 0 aromatic heterocycles. The molecular formula is C13H19BrO3. The summed E-state index contributed by atoms with van der Waals surface area (Å²) in [4.78, 5) is 0. The molecule has 1 unspecified atom stereocenters. The van der Waals surface area contributed by atoms with Gasteiger partial charge in [0.15, 0.2) is 0 Å². The van der Waals surface area contributed by atoms with Gasteiger partial charge >= 0.3 is 0 Å². The lowest BCUT2D eigenvalue weighted by molar-refractivity contribution is 0.190. The lowest BCUT2D eigenvalue weighted by atomic mass is 10.1. The first-order chi connectivity index (χ1) is 8.15. The van der Waals surface area contributed by atoms with E-state index >= 15 is 0 Å². The fraction of sp³-hybridized carbons (Fsp3) is 0.538. The maximum absolute atomic E-state index is 9.64. The van der Waals surface area contributed by atoms with Gasteiger partial charge in [0.2, 0.25) is 0 Å². The van der Waals surface area contributed by atoms with Crippen LogP contribution in [-0.2, 0) is 0 Å². The summed E-state index contributed by atoms with van der Waals surface area (Å²) in [6.45, 7) is 2.57. The molecule has 1 atom stereocenters. The van der Waals surface area contributed by atoms with Crippen molar-refractivity contribution >= 4 is 15.9 Å². The second kappa shape index (κ2) is 7.69. The van der Waals surface area contributed by atoms with Crippen molar-refractivity contribution in [2.75, 3.05) is 13.2 Å². The van der Waals surface area contributed by atoms with E-state index < -0.39 is 6.10 Å². The van der Waals surface area contributed by atoms with Gasteiger partial charge in [0.05, 0.1) is 12.7 Å². The minimum Gasteiger partial charge on any atom is -0.493 e. The van der Waals surface area contributed by atoms with E-state index in [9.17, 15) is 5.11 Å². The quantitative estimate of drug-likeness (QED) is 0.761. The molecule has 0 fully saturated rings. The maximum Gasteiger partial charge on any atom is 0.125 e. The fourth-order valence-corrected chi connectivity index (χ4v) is 1.93. The van der Waals surface area contributed by atoms with Crippen LogP contribution in [0.15, 0.2) is 22.7 Å². The maximum atomic E-state index is 9.64. The summed E-state index contributed by atoms with van der Waals surface area (Å²) in [5.41, 5.74) is 0.793. The number of hydrogen-bond donors (Lipinski definition) is 2. The first kappa shape index (κ1) is 14.5. The van der Waals surface area contributed by atoms with Crippen molar-refractivity contribution in [2.24, 2.45) is 0 Å². The minimum absolute atomic E-state index is 0.233. The van der Waals surface area contributed by atoms with Crippen molar-refractivity contribution in [2.45, 2.75) is 32.3 Å².